The van der Waals surface area contributed by atoms with Gasteiger partial charge in [-0.25, -0.2) is 8.42 Å². The lowest BCUT2D eigenvalue weighted by molar-refractivity contribution is 0.500. The molecule has 3 nitrogen and oxygen atoms in total. The van der Waals surface area contributed by atoms with E-state index in [1.54, 1.807) is 0 Å². The molecule has 1 aromatic carbocycles. The Labute approximate surface area is 117 Å². The molecule has 0 saturated carbocycles. The van der Waals surface area contributed by atoms with Crippen molar-refractivity contribution in [3.8, 4) is 0 Å². The Kier molecular flexibility index (Phi) is 5.56. The molecular weight excluding hydrogens is 258 g/mol. The van der Waals surface area contributed by atoms with Gasteiger partial charge >= 0.3 is 0 Å². The second kappa shape index (κ2) is 6.53. The van der Waals surface area contributed by atoms with E-state index in [1.165, 1.54) is 17.4 Å². The van der Waals surface area contributed by atoms with Gasteiger partial charge in [0.1, 0.15) is 9.84 Å². The number of sulfone groups is 1. The van der Waals surface area contributed by atoms with Gasteiger partial charge in [-0.15, -0.1) is 0 Å². The Hall–Kier alpha value is -0.870. The van der Waals surface area contributed by atoms with Gasteiger partial charge in [0.2, 0.25) is 0 Å². The molecular formula is C15H25NO2S. The summed E-state index contributed by atoms with van der Waals surface area (Å²) in [6.07, 6.45) is 1.27. The summed E-state index contributed by atoms with van der Waals surface area (Å²) in [7, 11) is -2.93. The summed E-state index contributed by atoms with van der Waals surface area (Å²) >= 11 is 0. The van der Waals surface area contributed by atoms with Crippen molar-refractivity contribution in [3.63, 3.8) is 0 Å². The summed E-state index contributed by atoms with van der Waals surface area (Å²) in [6.45, 7) is 8.30. The average Bonchev–Trinajstić information content (AvgIpc) is 2.26. The van der Waals surface area contributed by atoms with Crippen LogP contribution in [0.4, 0.5) is 0 Å². The molecule has 0 aliphatic rings. The fraction of sp³-hybridized carbons (Fsp3) is 0.600. The minimum Gasteiger partial charge on any atom is -0.307 e. The van der Waals surface area contributed by atoms with Crippen LogP contribution in [0.2, 0.25) is 0 Å². The highest BCUT2D eigenvalue weighted by molar-refractivity contribution is 7.90. The van der Waals surface area contributed by atoms with Crippen molar-refractivity contribution >= 4 is 9.84 Å². The molecule has 4 heteroatoms. The van der Waals surface area contributed by atoms with Crippen molar-refractivity contribution in [1.82, 2.24) is 5.32 Å². The number of nitrogens with one attached hydrogen (secondary N) is 1. The topological polar surface area (TPSA) is 46.2 Å². The number of benzene rings is 1. The number of hydrogen-bond acceptors (Lipinski definition) is 3. The van der Waals surface area contributed by atoms with Crippen LogP contribution in [0.25, 0.3) is 0 Å². The third kappa shape index (κ3) is 5.74. The smallest absolute Gasteiger partial charge is 0.148 e. The molecule has 0 spiro atoms. The van der Waals surface area contributed by atoms with Gasteiger partial charge in [-0.2, -0.15) is 0 Å². The molecule has 0 fully saturated rings. The Bertz CT molecular complexity index is 491. The summed E-state index contributed by atoms with van der Waals surface area (Å²) in [6, 6.07) is 8.60. The molecule has 0 aliphatic heterocycles. The summed E-state index contributed by atoms with van der Waals surface area (Å²) in [4.78, 5) is 0. The van der Waals surface area contributed by atoms with Crippen molar-refractivity contribution in [2.75, 3.05) is 12.0 Å². The van der Waals surface area contributed by atoms with Crippen molar-refractivity contribution in [2.24, 2.45) is 0 Å². The maximum absolute atomic E-state index is 11.2. The van der Waals surface area contributed by atoms with E-state index in [9.17, 15) is 8.42 Å². The predicted octanol–water partition coefficient (Wildman–Crippen LogP) is 2.89. The second-order valence-corrected chi connectivity index (χ2v) is 7.89. The largest absolute Gasteiger partial charge is 0.307 e. The standard InChI is InChI=1S/C15H25NO2S/c1-11(2)14-6-8-15(9-7-14)13(4)16-12(3)10-19(5,17)18/h6-9,11-13,16H,10H2,1-5H3. The highest BCUT2D eigenvalue weighted by atomic mass is 32.2. The van der Waals surface area contributed by atoms with Crippen molar-refractivity contribution in [2.45, 2.75) is 45.7 Å². The van der Waals surface area contributed by atoms with E-state index in [0.717, 1.165) is 0 Å². The molecule has 1 aromatic rings. The first kappa shape index (κ1) is 16.2. The van der Waals surface area contributed by atoms with Gasteiger partial charge in [0.15, 0.2) is 0 Å². The van der Waals surface area contributed by atoms with E-state index in [1.807, 2.05) is 6.92 Å². The lowest BCUT2D eigenvalue weighted by Gasteiger charge is -2.20. The minimum absolute atomic E-state index is 0.0465. The zero-order valence-corrected chi connectivity index (χ0v) is 13.3. The van der Waals surface area contributed by atoms with Crippen LogP contribution < -0.4 is 5.32 Å². The van der Waals surface area contributed by atoms with E-state index < -0.39 is 9.84 Å². The third-order valence-electron chi connectivity index (χ3n) is 3.19. The van der Waals surface area contributed by atoms with Crippen LogP contribution in [-0.4, -0.2) is 26.5 Å². The SMILES string of the molecule is CC(CS(C)(=O)=O)NC(C)c1ccc(C(C)C)cc1. The van der Waals surface area contributed by atoms with Crippen LogP contribution in [0, 0.1) is 0 Å². The van der Waals surface area contributed by atoms with Crippen LogP contribution in [0.3, 0.4) is 0 Å². The van der Waals surface area contributed by atoms with Crippen molar-refractivity contribution in [3.05, 3.63) is 35.4 Å². The molecule has 1 rings (SSSR count). The fourth-order valence-electron chi connectivity index (χ4n) is 2.19. The highest BCUT2D eigenvalue weighted by Gasteiger charge is 2.14. The zero-order chi connectivity index (χ0) is 14.6. The first-order valence-electron chi connectivity index (χ1n) is 6.72. The molecule has 0 amide bonds. The summed E-state index contributed by atoms with van der Waals surface area (Å²) < 4.78 is 22.5. The van der Waals surface area contributed by atoms with Gasteiger partial charge in [0.05, 0.1) is 5.75 Å². The van der Waals surface area contributed by atoms with E-state index in [4.69, 9.17) is 0 Å². The van der Waals surface area contributed by atoms with E-state index in [2.05, 4.69) is 50.4 Å². The molecule has 1 N–H and O–H groups in total. The quantitative estimate of drug-likeness (QED) is 0.873. The minimum atomic E-state index is -2.93. The van der Waals surface area contributed by atoms with Gasteiger partial charge in [0, 0.05) is 18.3 Å². The molecule has 0 saturated heterocycles. The summed E-state index contributed by atoms with van der Waals surface area (Å²) in [5.41, 5.74) is 2.50. The highest BCUT2D eigenvalue weighted by Crippen LogP contribution is 2.18. The molecule has 2 atom stereocenters. The molecule has 0 bridgehead atoms. The maximum atomic E-state index is 11.2. The summed E-state index contributed by atoms with van der Waals surface area (Å²) in [5.74, 6) is 0.697. The predicted molar refractivity (Wildman–Crippen MR) is 81.3 cm³/mol. The van der Waals surface area contributed by atoms with E-state index >= 15 is 0 Å². The lowest BCUT2D eigenvalue weighted by atomic mass is 9.99. The van der Waals surface area contributed by atoms with Gasteiger partial charge in [0.25, 0.3) is 0 Å². The van der Waals surface area contributed by atoms with Gasteiger partial charge in [-0.05, 0) is 30.9 Å². The van der Waals surface area contributed by atoms with E-state index in [0.29, 0.717) is 5.92 Å². The van der Waals surface area contributed by atoms with Crippen LogP contribution in [0.5, 0.6) is 0 Å². The lowest BCUT2D eigenvalue weighted by Crippen LogP contribution is -2.34. The monoisotopic (exact) mass is 283 g/mol. The van der Waals surface area contributed by atoms with Gasteiger partial charge in [-0.1, -0.05) is 38.1 Å². The molecule has 0 aromatic heterocycles. The number of rotatable bonds is 6. The number of hydrogen-bond donors (Lipinski definition) is 1. The van der Waals surface area contributed by atoms with Crippen LogP contribution in [0.1, 0.15) is 50.8 Å². The van der Waals surface area contributed by atoms with Crippen LogP contribution in [0.15, 0.2) is 24.3 Å². The first-order valence-corrected chi connectivity index (χ1v) is 8.78. The van der Waals surface area contributed by atoms with Crippen LogP contribution in [-0.2, 0) is 9.84 Å². The Morgan fingerprint density at radius 2 is 1.47 bits per heavy atom. The molecule has 0 heterocycles. The molecule has 108 valence electrons. The first-order chi connectivity index (χ1) is 8.69. The average molecular weight is 283 g/mol. The summed E-state index contributed by atoms with van der Waals surface area (Å²) in [5, 5.41) is 3.32. The molecule has 2 unspecified atom stereocenters. The van der Waals surface area contributed by atoms with E-state index in [-0.39, 0.29) is 17.8 Å². The normalized spacial score (nSPS) is 15.5. The van der Waals surface area contributed by atoms with Crippen LogP contribution >= 0.6 is 0 Å². The Morgan fingerprint density at radius 1 is 1.00 bits per heavy atom. The zero-order valence-electron chi connectivity index (χ0n) is 12.5. The third-order valence-corrected chi connectivity index (χ3v) is 4.30. The van der Waals surface area contributed by atoms with Gasteiger partial charge in [-0.3, -0.25) is 0 Å². The Balaban J connectivity index is 2.65. The Morgan fingerprint density at radius 3 is 1.89 bits per heavy atom. The maximum Gasteiger partial charge on any atom is 0.148 e. The molecule has 0 aliphatic carbocycles. The van der Waals surface area contributed by atoms with Crippen molar-refractivity contribution in [1.29, 1.82) is 0 Å². The second-order valence-electron chi connectivity index (χ2n) is 5.70. The van der Waals surface area contributed by atoms with Crippen molar-refractivity contribution < 1.29 is 8.42 Å². The molecule has 0 radical (unpaired) electrons. The fourth-order valence-corrected chi connectivity index (χ4v) is 3.20. The van der Waals surface area contributed by atoms with Gasteiger partial charge < -0.3 is 5.32 Å². The molecule has 19 heavy (non-hydrogen) atoms.